The van der Waals surface area contributed by atoms with E-state index in [2.05, 4.69) is 37.0 Å². The molecular weight excluding hydrogens is 434 g/mol. The normalized spacial score (nSPS) is 13.0. The third kappa shape index (κ3) is 5.09. The molecule has 1 aliphatic heterocycles. The molecule has 3 heterocycles. The number of benzene rings is 1. The van der Waals surface area contributed by atoms with Gasteiger partial charge in [-0.2, -0.15) is 0 Å². The Morgan fingerprint density at radius 1 is 1.24 bits per heavy atom. The molecule has 0 atom stereocenters. The molecule has 0 spiro atoms. The lowest BCUT2D eigenvalue weighted by Crippen LogP contribution is -2.27. The number of carbonyl (C=O) groups is 1. The third-order valence-electron chi connectivity index (χ3n) is 4.66. The van der Waals surface area contributed by atoms with Gasteiger partial charge in [0, 0.05) is 24.2 Å². The quantitative estimate of drug-likeness (QED) is 0.347. The Hall–Kier alpha value is -3.98. The molecule has 33 heavy (non-hydrogen) atoms. The van der Waals surface area contributed by atoms with Gasteiger partial charge in [0.15, 0.2) is 5.82 Å². The molecule has 1 aliphatic rings. The number of aliphatic imine (C=N–C) groups is 2. The van der Waals surface area contributed by atoms with Gasteiger partial charge < -0.3 is 5.32 Å². The number of aromatic nitrogens is 4. The van der Waals surface area contributed by atoms with E-state index >= 15 is 0 Å². The van der Waals surface area contributed by atoms with Gasteiger partial charge >= 0.3 is 0 Å². The van der Waals surface area contributed by atoms with Crippen molar-refractivity contribution < 1.29 is 4.79 Å². The van der Waals surface area contributed by atoms with E-state index < -0.39 is 5.91 Å². The van der Waals surface area contributed by atoms with Crippen molar-refractivity contribution in [2.45, 2.75) is 23.8 Å². The summed E-state index contributed by atoms with van der Waals surface area (Å²) < 4.78 is 0. The average Bonchev–Trinajstić information content (AvgIpc) is 3.00. The zero-order valence-electron chi connectivity index (χ0n) is 18.2. The van der Waals surface area contributed by atoms with Crippen LogP contribution in [0, 0.1) is 6.92 Å². The predicted molar refractivity (Wildman–Crippen MR) is 129 cm³/mol. The van der Waals surface area contributed by atoms with Gasteiger partial charge in [-0.05, 0) is 32.7 Å². The lowest BCUT2D eigenvalue weighted by atomic mass is 10.0. The molecule has 1 amide bonds. The van der Waals surface area contributed by atoms with Gasteiger partial charge in [-0.1, -0.05) is 47.7 Å². The number of fused-ring (bicyclic) bond motifs is 2. The Morgan fingerprint density at radius 2 is 2.09 bits per heavy atom. The number of carbonyl (C=O) groups excluding carboxylic acids is 1. The molecule has 3 aromatic rings. The van der Waals surface area contributed by atoms with E-state index in [1.165, 1.54) is 11.8 Å². The van der Waals surface area contributed by atoms with Crippen LogP contribution in [0.15, 0.2) is 86.7 Å². The fourth-order valence-corrected chi connectivity index (χ4v) is 3.92. The first-order valence-electron chi connectivity index (χ1n) is 10.2. The summed E-state index contributed by atoms with van der Waals surface area (Å²) in [7, 11) is 0. The highest BCUT2D eigenvalue weighted by molar-refractivity contribution is 7.99. The molecule has 1 N–H and O–H groups in total. The van der Waals surface area contributed by atoms with Crippen LogP contribution in [0.2, 0.25) is 0 Å². The molecule has 9 heteroatoms. The van der Waals surface area contributed by atoms with Gasteiger partial charge in [0.05, 0.1) is 17.1 Å². The van der Waals surface area contributed by atoms with Crippen LogP contribution in [-0.4, -0.2) is 44.8 Å². The number of nitrogens with one attached hydrogen (secondary N) is 1. The van der Waals surface area contributed by atoms with E-state index in [4.69, 9.17) is 4.99 Å². The van der Waals surface area contributed by atoms with Gasteiger partial charge in [-0.3, -0.25) is 14.8 Å². The summed E-state index contributed by atoms with van der Waals surface area (Å²) in [6.07, 6.45) is 10.3. The molecule has 0 unspecified atom stereocenters. The molecule has 0 bridgehead atoms. The summed E-state index contributed by atoms with van der Waals surface area (Å²) in [5.41, 5.74) is 3.92. The Labute approximate surface area is 195 Å². The average molecular weight is 456 g/mol. The number of amides is 1. The van der Waals surface area contributed by atoms with Crippen molar-refractivity contribution in [3.8, 4) is 0 Å². The molecule has 8 nitrogen and oxygen atoms in total. The highest BCUT2D eigenvalue weighted by Gasteiger charge is 2.23. The van der Waals surface area contributed by atoms with E-state index in [0.717, 1.165) is 11.1 Å². The molecule has 0 radical (unpaired) electrons. The standard InChI is InChI=1S/C24H21N7OS/c1-4-5-9-17(25-3)13-29-23(32)22-28-14-18-21(31-22)30-19(16-8-6-7-15(2)12-16)20-24(33-18)27-11-10-26-20/h4-12,14H,3,13H2,1-2H3,(H,29,32)/b5-4-,17-9-. The van der Waals surface area contributed by atoms with Crippen LogP contribution in [0.1, 0.15) is 34.4 Å². The summed E-state index contributed by atoms with van der Waals surface area (Å²) in [4.78, 5) is 39.8. The van der Waals surface area contributed by atoms with Crippen LogP contribution in [-0.2, 0) is 0 Å². The highest BCUT2D eigenvalue weighted by Crippen LogP contribution is 2.38. The zero-order valence-corrected chi connectivity index (χ0v) is 19.0. The van der Waals surface area contributed by atoms with Crippen molar-refractivity contribution in [1.82, 2.24) is 25.3 Å². The second-order valence-electron chi connectivity index (χ2n) is 7.05. The van der Waals surface area contributed by atoms with E-state index in [-0.39, 0.29) is 12.4 Å². The SMILES string of the molecule is C=N/C(=C\C=C/C)CNC(=O)c1ncc2c(n1)N=C(c1cccc(C)c1)c1nccnc1S2. The highest BCUT2D eigenvalue weighted by atomic mass is 32.2. The summed E-state index contributed by atoms with van der Waals surface area (Å²) in [5, 5.41) is 3.47. The van der Waals surface area contributed by atoms with Crippen LogP contribution < -0.4 is 5.32 Å². The van der Waals surface area contributed by atoms with E-state index in [0.29, 0.717) is 32.8 Å². The molecular formula is C24H21N7OS. The van der Waals surface area contributed by atoms with E-state index in [1.54, 1.807) is 24.7 Å². The summed E-state index contributed by atoms with van der Waals surface area (Å²) in [6, 6.07) is 7.98. The minimum atomic E-state index is -0.428. The maximum Gasteiger partial charge on any atom is 0.289 e. The topological polar surface area (TPSA) is 105 Å². The van der Waals surface area contributed by atoms with Crippen molar-refractivity contribution >= 4 is 35.9 Å². The van der Waals surface area contributed by atoms with Crippen molar-refractivity contribution in [3.05, 3.63) is 89.4 Å². The minimum Gasteiger partial charge on any atom is -0.344 e. The first-order chi connectivity index (χ1) is 16.1. The van der Waals surface area contributed by atoms with Crippen LogP contribution >= 0.6 is 11.8 Å². The third-order valence-corrected chi connectivity index (χ3v) is 5.66. The molecule has 0 saturated heterocycles. The Balaban J connectivity index is 1.70. The number of allylic oxidation sites excluding steroid dienone is 3. The van der Waals surface area contributed by atoms with Gasteiger partial charge in [-0.15, -0.1) is 0 Å². The van der Waals surface area contributed by atoms with Gasteiger partial charge in [0.1, 0.15) is 16.4 Å². The predicted octanol–water partition coefficient (Wildman–Crippen LogP) is 4.10. The number of hydrogen-bond donors (Lipinski definition) is 1. The van der Waals surface area contributed by atoms with Gasteiger partial charge in [0.25, 0.3) is 5.91 Å². The van der Waals surface area contributed by atoms with Crippen LogP contribution in [0.5, 0.6) is 0 Å². The molecule has 164 valence electrons. The molecule has 1 aromatic carbocycles. The van der Waals surface area contributed by atoms with Gasteiger partial charge in [0.2, 0.25) is 5.82 Å². The van der Waals surface area contributed by atoms with Crippen molar-refractivity contribution in [1.29, 1.82) is 0 Å². The fraction of sp³-hybridized carbons (Fsp3) is 0.125. The second kappa shape index (κ2) is 10.1. The maximum atomic E-state index is 12.7. The van der Waals surface area contributed by atoms with Crippen LogP contribution in [0.3, 0.4) is 0 Å². The Morgan fingerprint density at radius 3 is 2.88 bits per heavy atom. The van der Waals surface area contributed by atoms with Crippen LogP contribution in [0.4, 0.5) is 5.82 Å². The molecule has 0 fully saturated rings. The number of rotatable bonds is 6. The number of aryl methyl sites for hydroxylation is 1. The van der Waals surface area contributed by atoms with Crippen molar-refractivity contribution in [2.75, 3.05) is 6.54 Å². The fourth-order valence-electron chi connectivity index (χ4n) is 3.07. The first kappa shape index (κ1) is 22.2. The number of nitrogens with zero attached hydrogens (tertiary/aromatic N) is 6. The smallest absolute Gasteiger partial charge is 0.289 e. The summed E-state index contributed by atoms with van der Waals surface area (Å²) in [6.45, 7) is 7.65. The Kier molecular flexibility index (Phi) is 6.80. The van der Waals surface area contributed by atoms with Crippen LogP contribution in [0.25, 0.3) is 0 Å². The molecule has 0 saturated carbocycles. The molecule has 0 aliphatic carbocycles. The lowest BCUT2D eigenvalue weighted by molar-refractivity contribution is 0.0946. The second-order valence-corrected chi connectivity index (χ2v) is 8.08. The molecule has 2 aromatic heterocycles. The largest absolute Gasteiger partial charge is 0.344 e. The Bertz CT molecular complexity index is 1310. The minimum absolute atomic E-state index is 0.0167. The molecule has 4 rings (SSSR count). The van der Waals surface area contributed by atoms with Crippen molar-refractivity contribution in [3.63, 3.8) is 0 Å². The van der Waals surface area contributed by atoms with E-state index in [1.807, 2.05) is 50.3 Å². The van der Waals surface area contributed by atoms with E-state index in [9.17, 15) is 4.79 Å². The zero-order chi connectivity index (χ0) is 23.2. The van der Waals surface area contributed by atoms with Gasteiger partial charge in [-0.25, -0.2) is 19.9 Å². The number of hydrogen-bond acceptors (Lipinski definition) is 8. The lowest BCUT2D eigenvalue weighted by Gasteiger charge is -2.07. The van der Waals surface area contributed by atoms with Crippen molar-refractivity contribution in [2.24, 2.45) is 9.98 Å². The maximum absolute atomic E-state index is 12.7. The summed E-state index contributed by atoms with van der Waals surface area (Å²) in [5.74, 6) is -0.0193. The first-order valence-corrected chi connectivity index (χ1v) is 11.0. The summed E-state index contributed by atoms with van der Waals surface area (Å²) >= 11 is 1.37. The monoisotopic (exact) mass is 455 g/mol.